The first kappa shape index (κ1) is 26.3. The third kappa shape index (κ3) is 6.75. The van der Waals surface area contributed by atoms with E-state index in [1.54, 1.807) is 13.8 Å². The first-order valence-electron chi connectivity index (χ1n) is 10.7. The highest BCUT2D eigenvalue weighted by molar-refractivity contribution is 7.90. The maximum atomic E-state index is 13.5. The van der Waals surface area contributed by atoms with Gasteiger partial charge in [-0.2, -0.15) is 12.7 Å². The first-order valence-corrected chi connectivity index (χ1v) is 12.1. The Hall–Kier alpha value is -2.98. The summed E-state index contributed by atoms with van der Waals surface area (Å²) in [6.07, 6.45) is 0.349. The highest BCUT2D eigenvalue weighted by Gasteiger charge is 2.33. The largest absolute Gasteiger partial charge is 0.355 e. The van der Waals surface area contributed by atoms with E-state index in [1.165, 1.54) is 31.1 Å². The Morgan fingerprint density at radius 3 is 2.12 bits per heavy atom. The number of likely N-dealkylation sites (N-methyl/N-ethyl adjacent to an activating group) is 1. The van der Waals surface area contributed by atoms with Gasteiger partial charge in [0.25, 0.3) is 0 Å². The number of halogens is 1. The predicted molar refractivity (Wildman–Crippen MR) is 126 cm³/mol. The third-order valence-electron chi connectivity index (χ3n) is 5.07. The molecule has 0 aromatic heterocycles. The summed E-state index contributed by atoms with van der Waals surface area (Å²) in [7, 11) is -1.38. The molecule has 0 radical (unpaired) electrons. The van der Waals surface area contributed by atoms with Crippen LogP contribution in [0.15, 0.2) is 54.6 Å². The summed E-state index contributed by atoms with van der Waals surface area (Å²) in [6, 6.07) is 13.2. The predicted octanol–water partition coefficient (Wildman–Crippen LogP) is 2.38. The molecule has 0 spiro atoms. The number of amides is 2. The molecule has 0 saturated carbocycles. The van der Waals surface area contributed by atoms with Crippen LogP contribution in [0.25, 0.3) is 0 Å². The van der Waals surface area contributed by atoms with E-state index < -0.39 is 34.5 Å². The highest BCUT2D eigenvalue weighted by Crippen LogP contribution is 2.21. The molecule has 0 unspecified atom stereocenters. The molecular formula is C23H31FN4O4S. The lowest BCUT2D eigenvalue weighted by molar-refractivity contribution is -0.140. The summed E-state index contributed by atoms with van der Waals surface area (Å²) in [5, 5.41) is 2.74. The van der Waals surface area contributed by atoms with Crippen molar-refractivity contribution in [1.29, 1.82) is 0 Å². The van der Waals surface area contributed by atoms with Crippen LogP contribution in [0.3, 0.4) is 0 Å². The van der Waals surface area contributed by atoms with Gasteiger partial charge >= 0.3 is 10.2 Å². The Kier molecular flexibility index (Phi) is 9.36. The van der Waals surface area contributed by atoms with Crippen LogP contribution in [0.2, 0.25) is 0 Å². The van der Waals surface area contributed by atoms with Gasteiger partial charge in [-0.3, -0.25) is 9.59 Å². The summed E-state index contributed by atoms with van der Waals surface area (Å²) in [5.74, 6) is -1.39. The number of anilines is 1. The summed E-state index contributed by atoms with van der Waals surface area (Å²) in [6.45, 7) is 3.57. The summed E-state index contributed by atoms with van der Waals surface area (Å²) in [4.78, 5) is 27.6. The summed E-state index contributed by atoms with van der Waals surface area (Å²) in [5.41, 5.74) is 0.946. The Balaban J connectivity index is 2.46. The van der Waals surface area contributed by atoms with Crippen molar-refractivity contribution in [3.8, 4) is 0 Å². The molecule has 10 heteroatoms. The molecule has 0 bridgehead atoms. The fourth-order valence-electron chi connectivity index (χ4n) is 3.32. The number of hydrogen-bond donors (Lipinski definition) is 1. The lowest BCUT2D eigenvalue weighted by atomic mass is 10.1. The van der Waals surface area contributed by atoms with Gasteiger partial charge in [0.2, 0.25) is 11.8 Å². The van der Waals surface area contributed by atoms with E-state index in [1.807, 2.05) is 30.3 Å². The van der Waals surface area contributed by atoms with Crippen LogP contribution < -0.4 is 9.62 Å². The van der Waals surface area contributed by atoms with Crippen molar-refractivity contribution in [3.63, 3.8) is 0 Å². The standard InChI is InChI=1S/C23H31FN4O4S/c1-5-21(23(30)25-6-2)27(16-18-10-8-7-9-11-18)22(29)17-28(33(31,32)26(3)4)20-14-12-19(24)13-15-20/h7-15,21H,5-6,16-17H2,1-4H3,(H,25,30)/t21-/m0/s1. The zero-order valence-corrected chi connectivity index (χ0v) is 20.2. The van der Waals surface area contributed by atoms with Crippen LogP contribution in [-0.4, -0.2) is 62.7 Å². The van der Waals surface area contributed by atoms with Crippen LogP contribution in [0, 0.1) is 5.82 Å². The molecule has 8 nitrogen and oxygen atoms in total. The van der Waals surface area contributed by atoms with Gasteiger partial charge in [-0.05, 0) is 43.2 Å². The molecule has 0 aliphatic carbocycles. The molecule has 0 aliphatic heterocycles. The minimum absolute atomic E-state index is 0.134. The van der Waals surface area contributed by atoms with Crippen LogP contribution in [0.1, 0.15) is 25.8 Å². The highest BCUT2D eigenvalue weighted by atomic mass is 32.2. The van der Waals surface area contributed by atoms with Gasteiger partial charge < -0.3 is 10.2 Å². The monoisotopic (exact) mass is 478 g/mol. The number of rotatable bonds is 11. The summed E-state index contributed by atoms with van der Waals surface area (Å²) < 4.78 is 41.4. The molecule has 1 atom stereocenters. The van der Waals surface area contributed by atoms with Gasteiger partial charge in [-0.25, -0.2) is 8.70 Å². The van der Waals surface area contributed by atoms with Gasteiger partial charge in [0.15, 0.2) is 0 Å². The number of carbonyl (C=O) groups excluding carboxylic acids is 2. The fourth-order valence-corrected chi connectivity index (χ4v) is 4.37. The van der Waals surface area contributed by atoms with E-state index in [0.717, 1.165) is 26.3 Å². The van der Waals surface area contributed by atoms with E-state index in [4.69, 9.17) is 0 Å². The molecule has 2 aromatic rings. The van der Waals surface area contributed by atoms with Crippen molar-refractivity contribution in [1.82, 2.24) is 14.5 Å². The van der Waals surface area contributed by atoms with Crippen molar-refractivity contribution in [2.75, 3.05) is 31.5 Å². The molecule has 2 aromatic carbocycles. The number of carbonyl (C=O) groups is 2. The molecule has 33 heavy (non-hydrogen) atoms. The normalized spacial score (nSPS) is 12.3. The van der Waals surface area contributed by atoms with Crippen molar-refractivity contribution in [2.24, 2.45) is 0 Å². The first-order chi connectivity index (χ1) is 15.6. The molecule has 1 N–H and O–H groups in total. The lowest BCUT2D eigenvalue weighted by Gasteiger charge is -2.33. The van der Waals surface area contributed by atoms with E-state index in [-0.39, 0.29) is 18.1 Å². The van der Waals surface area contributed by atoms with Crippen LogP contribution in [-0.2, 0) is 26.3 Å². The third-order valence-corrected chi connectivity index (χ3v) is 6.89. The fraction of sp³-hybridized carbons (Fsp3) is 0.391. The van der Waals surface area contributed by atoms with Gasteiger partial charge in [-0.1, -0.05) is 37.3 Å². The van der Waals surface area contributed by atoms with Crippen molar-refractivity contribution >= 4 is 27.7 Å². The average Bonchev–Trinajstić information content (AvgIpc) is 2.78. The van der Waals surface area contributed by atoms with E-state index in [2.05, 4.69) is 5.32 Å². The van der Waals surface area contributed by atoms with Gasteiger partial charge in [0.1, 0.15) is 18.4 Å². The minimum atomic E-state index is -4.07. The molecule has 180 valence electrons. The van der Waals surface area contributed by atoms with Crippen LogP contribution in [0.4, 0.5) is 10.1 Å². The smallest absolute Gasteiger partial charge is 0.304 e. The van der Waals surface area contributed by atoms with Crippen molar-refractivity contribution in [3.05, 3.63) is 66.0 Å². The molecular weight excluding hydrogens is 447 g/mol. The second-order valence-corrected chi connectivity index (χ2v) is 9.67. The van der Waals surface area contributed by atoms with Crippen molar-refractivity contribution in [2.45, 2.75) is 32.9 Å². The Morgan fingerprint density at radius 2 is 1.61 bits per heavy atom. The zero-order chi connectivity index (χ0) is 24.6. The second kappa shape index (κ2) is 11.8. The van der Waals surface area contributed by atoms with E-state index in [0.29, 0.717) is 13.0 Å². The Morgan fingerprint density at radius 1 is 1.00 bits per heavy atom. The molecule has 0 fully saturated rings. The summed E-state index contributed by atoms with van der Waals surface area (Å²) >= 11 is 0. The van der Waals surface area contributed by atoms with Gasteiger partial charge in [0, 0.05) is 27.2 Å². The number of nitrogens with zero attached hydrogens (tertiary/aromatic N) is 3. The molecule has 0 heterocycles. The maximum absolute atomic E-state index is 13.5. The molecule has 0 aliphatic rings. The van der Waals surface area contributed by atoms with Crippen LogP contribution in [0.5, 0.6) is 0 Å². The maximum Gasteiger partial charge on any atom is 0.304 e. The lowest BCUT2D eigenvalue weighted by Crippen LogP contribution is -2.53. The van der Waals surface area contributed by atoms with E-state index >= 15 is 0 Å². The van der Waals surface area contributed by atoms with Crippen LogP contribution >= 0.6 is 0 Å². The average molecular weight is 479 g/mol. The number of benzene rings is 2. The topological polar surface area (TPSA) is 90.0 Å². The van der Waals surface area contributed by atoms with Gasteiger partial charge in [-0.15, -0.1) is 0 Å². The quantitative estimate of drug-likeness (QED) is 0.537. The number of hydrogen-bond acceptors (Lipinski definition) is 4. The molecule has 2 rings (SSSR count). The van der Waals surface area contributed by atoms with E-state index in [9.17, 15) is 22.4 Å². The SMILES string of the molecule is CCNC(=O)[C@H](CC)N(Cc1ccccc1)C(=O)CN(c1ccc(F)cc1)S(=O)(=O)N(C)C. The number of nitrogens with one attached hydrogen (secondary N) is 1. The molecule has 2 amide bonds. The Bertz CT molecular complexity index is 1030. The van der Waals surface area contributed by atoms with Gasteiger partial charge in [0.05, 0.1) is 5.69 Å². The van der Waals surface area contributed by atoms with Crippen molar-refractivity contribution < 1.29 is 22.4 Å². The Labute approximate surface area is 195 Å². The minimum Gasteiger partial charge on any atom is -0.355 e. The molecule has 0 saturated heterocycles. The second-order valence-electron chi connectivity index (χ2n) is 7.60. The zero-order valence-electron chi connectivity index (χ0n) is 19.4.